The molecule has 0 amide bonds. The van der Waals surface area contributed by atoms with Crippen LogP contribution in [0.25, 0.3) is 0 Å². The normalized spacial score (nSPS) is 17.2. The minimum atomic E-state index is -0.658. The summed E-state index contributed by atoms with van der Waals surface area (Å²) in [7, 11) is 0. The Morgan fingerprint density at radius 3 is 2.55 bits per heavy atom. The van der Waals surface area contributed by atoms with Crippen LogP contribution in [0.1, 0.15) is 19.5 Å². The van der Waals surface area contributed by atoms with E-state index in [1.54, 1.807) is 6.07 Å². The zero-order chi connectivity index (χ0) is 14.8. The van der Waals surface area contributed by atoms with Crippen molar-refractivity contribution in [3.63, 3.8) is 0 Å². The number of rotatable bonds is 4. The van der Waals surface area contributed by atoms with Gasteiger partial charge in [0.1, 0.15) is 17.3 Å². The Kier molecular flexibility index (Phi) is 4.25. The summed E-state index contributed by atoms with van der Waals surface area (Å²) in [5, 5.41) is 17.3. The average molecular weight is 277 g/mol. The zero-order valence-electron chi connectivity index (χ0n) is 12.1. The van der Waals surface area contributed by atoms with Crippen LogP contribution in [0.15, 0.2) is 18.2 Å². The van der Waals surface area contributed by atoms with Gasteiger partial charge in [-0.25, -0.2) is 4.98 Å². The Balaban J connectivity index is 1.97. The van der Waals surface area contributed by atoms with Crippen molar-refractivity contribution < 1.29 is 5.11 Å². The monoisotopic (exact) mass is 277 g/mol. The van der Waals surface area contributed by atoms with Crippen molar-refractivity contribution in [2.45, 2.75) is 19.4 Å². The summed E-state index contributed by atoms with van der Waals surface area (Å²) in [5.41, 5.74) is 5.33. The fraction of sp³-hybridized carbons (Fsp3) is 0.571. The van der Waals surface area contributed by atoms with Gasteiger partial charge < -0.3 is 15.7 Å². The molecule has 0 spiro atoms. The van der Waals surface area contributed by atoms with E-state index in [-0.39, 0.29) is 5.84 Å². The van der Waals surface area contributed by atoms with Crippen molar-refractivity contribution in [1.29, 1.82) is 5.41 Å². The van der Waals surface area contributed by atoms with Gasteiger partial charge in [0.05, 0.1) is 5.60 Å². The van der Waals surface area contributed by atoms with E-state index in [4.69, 9.17) is 11.1 Å². The van der Waals surface area contributed by atoms with Crippen LogP contribution in [0.4, 0.5) is 5.82 Å². The van der Waals surface area contributed by atoms with E-state index in [2.05, 4.69) is 14.8 Å². The van der Waals surface area contributed by atoms with Gasteiger partial charge >= 0.3 is 0 Å². The lowest BCUT2D eigenvalue weighted by atomic mass is 10.1. The molecule has 110 valence electrons. The maximum atomic E-state index is 9.85. The van der Waals surface area contributed by atoms with Gasteiger partial charge in [0.25, 0.3) is 0 Å². The molecular weight excluding hydrogens is 254 g/mol. The molecule has 4 N–H and O–H groups in total. The summed E-state index contributed by atoms with van der Waals surface area (Å²) in [5.74, 6) is 0.855. The highest BCUT2D eigenvalue weighted by Gasteiger charge is 2.23. The number of pyridine rings is 1. The number of hydrogen-bond acceptors (Lipinski definition) is 5. The number of nitrogens with one attached hydrogen (secondary N) is 1. The first kappa shape index (κ1) is 14.7. The van der Waals surface area contributed by atoms with Gasteiger partial charge in [-0.15, -0.1) is 0 Å². The third kappa shape index (κ3) is 3.91. The molecule has 6 nitrogen and oxygen atoms in total. The molecule has 20 heavy (non-hydrogen) atoms. The van der Waals surface area contributed by atoms with Crippen molar-refractivity contribution >= 4 is 11.7 Å². The summed E-state index contributed by atoms with van der Waals surface area (Å²) in [6.45, 7) is 7.87. The molecule has 0 aliphatic carbocycles. The summed E-state index contributed by atoms with van der Waals surface area (Å²) < 4.78 is 0. The van der Waals surface area contributed by atoms with Gasteiger partial charge in [0.2, 0.25) is 0 Å². The largest absolute Gasteiger partial charge is 0.389 e. The number of aliphatic hydroxyl groups is 1. The third-order valence-electron chi connectivity index (χ3n) is 3.32. The molecule has 0 atom stereocenters. The highest BCUT2D eigenvalue weighted by Crippen LogP contribution is 2.15. The number of β-amino-alcohol motifs (C(OH)–C–C–N with tert-alkyl or cyclic N) is 1. The first-order valence-electron chi connectivity index (χ1n) is 6.86. The molecular formula is C14H23N5O. The maximum absolute atomic E-state index is 9.85. The van der Waals surface area contributed by atoms with Crippen molar-refractivity contribution in [1.82, 2.24) is 9.88 Å². The molecule has 1 aromatic rings. The number of piperazine rings is 1. The molecule has 2 heterocycles. The first-order chi connectivity index (χ1) is 9.35. The van der Waals surface area contributed by atoms with Crippen LogP contribution < -0.4 is 10.6 Å². The second-order valence-corrected chi connectivity index (χ2v) is 5.87. The van der Waals surface area contributed by atoms with E-state index in [1.807, 2.05) is 26.0 Å². The maximum Gasteiger partial charge on any atom is 0.141 e. The third-order valence-corrected chi connectivity index (χ3v) is 3.32. The predicted octanol–water partition coefficient (Wildman–Crippen LogP) is 0.259. The van der Waals surface area contributed by atoms with E-state index >= 15 is 0 Å². The van der Waals surface area contributed by atoms with E-state index < -0.39 is 5.60 Å². The van der Waals surface area contributed by atoms with Crippen molar-refractivity contribution in [3.05, 3.63) is 23.9 Å². The van der Waals surface area contributed by atoms with Gasteiger partial charge in [-0.05, 0) is 26.0 Å². The van der Waals surface area contributed by atoms with E-state index in [1.165, 1.54) is 0 Å². The number of nitrogen functional groups attached to an aromatic ring is 1. The molecule has 0 saturated carbocycles. The zero-order valence-corrected chi connectivity index (χ0v) is 12.1. The van der Waals surface area contributed by atoms with Crippen LogP contribution in [0.5, 0.6) is 0 Å². The molecule has 6 heteroatoms. The van der Waals surface area contributed by atoms with E-state index in [9.17, 15) is 5.11 Å². The number of hydrogen-bond donors (Lipinski definition) is 3. The van der Waals surface area contributed by atoms with Gasteiger partial charge in [-0.2, -0.15) is 0 Å². The van der Waals surface area contributed by atoms with Gasteiger partial charge in [0, 0.05) is 32.7 Å². The van der Waals surface area contributed by atoms with Crippen molar-refractivity contribution in [2.24, 2.45) is 5.73 Å². The molecule has 1 saturated heterocycles. The summed E-state index contributed by atoms with van der Waals surface area (Å²) >= 11 is 0. The molecule has 2 rings (SSSR count). The number of nitrogens with zero attached hydrogens (tertiary/aromatic N) is 3. The molecule has 1 fully saturated rings. The topological polar surface area (TPSA) is 89.5 Å². The average Bonchev–Trinajstić information content (AvgIpc) is 2.38. The molecule has 0 aromatic carbocycles. The van der Waals surface area contributed by atoms with Gasteiger partial charge in [0.15, 0.2) is 0 Å². The van der Waals surface area contributed by atoms with Crippen LogP contribution in [0.2, 0.25) is 0 Å². The summed E-state index contributed by atoms with van der Waals surface area (Å²) in [6.07, 6.45) is 0. The van der Waals surface area contributed by atoms with Crippen molar-refractivity contribution in [3.8, 4) is 0 Å². The van der Waals surface area contributed by atoms with Crippen LogP contribution in [-0.2, 0) is 0 Å². The number of anilines is 1. The van der Waals surface area contributed by atoms with Crippen LogP contribution in [0, 0.1) is 5.41 Å². The standard InChI is InChI=1S/C14H23N5O/c1-14(2,20)10-18-6-8-19(9-7-18)12-5-3-4-11(17-12)13(15)16/h3-5,20H,6-10H2,1-2H3,(H3,15,16). The highest BCUT2D eigenvalue weighted by molar-refractivity contribution is 5.93. The van der Waals surface area contributed by atoms with Crippen molar-refractivity contribution in [2.75, 3.05) is 37.6 Å². The predicted molar refractivity (Wildman–Crippen MR) is 80.2 cm³/mol. The number of amidine groups is 1. The van der Waals surface area contributed by atoms with Crippen LogP contribution in [-0.4, -0.2) is 59.2 Å². The second-order valence-electron chi connectivity index (χ2n) is 5.87. The Morgan fingerprint density at radius 2 is 2.00 bits per heavy atom. The lowest BCUT2D eigenvalue weighted by molar-refractivity contribution is 0.0344. The Hall–Kier alpha value is -1.66. The van der Waals surface area contributed by atoms with Crippen LogP contribution in [0.3, 0.4) is 0 Å². The molecule has 1 aliphatic heterocycles. The van der Waals surface area contributed by atoms with Gasteiger partial charge in [-0.1, -0.05) is 6.07 Å². The summed E-state index contributed by atoms with van der Waals surface area (Å²) in [4.78, 5) is 8.85. The lowest BCUT2D eigenvalue weighted by Gasteiger charge is -2.37. The van der Waals surface area contributed by atoms with E-state index in [0.717, 1.165) is 32.0 Å². The highest BCUT2D eigenvalue weighted by atomic mass is 16.3. The molecule has 0 unspecified atom stereocenters. The Bertz CT molecular complexity index is 475. The quantitative estimate of drug-likeness (QED) is 0.542. The minimum Gasteiger partial charge on any atom is -0.389 e. The minimum absolute atomic E-state index is 0.00693. The SMILES string of the molecule is CC(C)(O)CN1CCN(c2cccc(C(=N)N)n2)CC1. The molecule has 0 bridgehead atoms. The fourth-order valence-corrected chi connectivity index (χ4v) is 2.43. The molecule has 1 aliphatic rings. The van der Waals surface area contributed by atoms with Crippen LogP contribution >= 0.6 is 0 Å². The first-order valence-corrected chi connectivity index (χ1v) is 6.86. The Labute approximate surface area is 119 Å². The molecule has 1 aromatic heterocycles. The molecule has 0 radical (unpaired) electrons. The smallest absolute Gasteiger partial charge is 0.141 e. The fourth-order valence-electron chi connectivity index (χ4n) is 2.43. The second kappa shape index (κ2) is 5.76. The van der Waals surface area contributed by atoms with E-state index in [0.29, 0.717) is 12.2 Å². The van der Waals surface area contributed by atoms with Gasteiger partial charge in [-0.3, -0.25) is 10.3 Å². The lowest BCUT2D eigenvalue weighted by Crippen LogP contribution is -2.50. The number of nitrogens with two attached hydrogens (primary N) is 1. The number of aromatic nitrogens is 1. The summed E-state index contributed by atoms with van der Waals surface area (Å²) in [6, 6.07) is 5.57. The Morgan fingerprint density at radius 1 is 1.35 bits per heavy atom.